The van der Waals surface area contributed by atoms with E-state index < -0.39 is 0 Å². The summed E-state index contributed by atoms with van der Waals surface area (Å²) in [5, 5.41) is 0.365. The van der Waals surface area contributed by atoms with E-state index in [1.54, 1.807) is 55.8 Å². The molecule has 0 atom stereocenters. The Morgan fingerprint density at radius 3 is 2.56 bits per heavy atom. The van der Waals surface area contributed by atoms with E-state index in [2.05, 4.69) is 4.98 Å². The molecule has 2 aromatic heterocycles. The first-order valence-electron chi connectivity index (χ1n) is 10.8. The van der Waals surface area contributed by atoms with Crippen molar-refractivity contribution in [2.24, 2.45) is 0 Å². The van der Waals surface area contributed by atoms with Crippen molar-refractivity contribution in [3.05, 3.63) is 104 Å². The zero-order valence-electron chi connectivity index (χ0n) is 18.9. The van der Waals surface area contributed by atoms with Crippen LogP contribution in [0, 0.1) is 0 Å². The lowest BCUT2D eigenvalue weighted by atomic mass is 10.2. The Morgan fingerprint density at radius 1 is 1.06 bits per heavy atom. The first-order valence-corrected chi connectivity index (χ1v) is 12.4. The third kappa shape index (κ3) is 4.73. The number of pyridine rings is 1. The maximum absolute atomic E-state index is 13.4. The predicted octanol–water partition coefficient (Wildman–Crippen LogP) is 5.55. The van der Waals surface area contributed by atoms with Crippen LogP contribution >= 0.6 is 35.6 Å². The highest BCUT2D eigenvalue weighted by molar-refractivity contribution is 8.26. The van der Waals surface area contributed by atoms with Crippen LogP contribution in [-0.4, -0.2) is 31.6 Å². The van der Waals surface area contributed by atoms with Crippen LogP contribution < -0.4 is 15.0 Å². The summed E-state index contributed by atoms with van der Waals surface area (Å²) in [4.78, 5) is 33.0. The highest BCUT2D eigenvalue weighted by atomic mass is 35.5. The summed E-state index contributed by atoms with van der Waals surface area (Å²) >= 11 is 12.9. The van der Waals surface area contributed by atoms with E-state index in [0.717, 1.165) is 23.1 Å². The van der Waals surface area contributed by atoms with E-state index in [-0.39, 0.29) is 22.9 Å². The number of amides is 1. The first-order chi connectivity index (χ1) is 17.4. The van der Waals surface area contributed by atoms with Gasteiger partial charge in [-0.1, -0.05) is 65.9 Å². The number of carbonyl (C=O) groups excluding carboxylic acids is 1. The zero-order chi connectivity index (χ0) is 25.2. The Balaban J connectivity index is 1.53. The number of carbonyl (C=O) groups is 1. The van der Waals surface area contributed by atoms with Crippen LogP contribution in [0.5, 0.6) is 17.4 Å². The van der Waals surface area contributed by atoms with Crippen LogP contribution in [-0.2, 0) is 11.3 Å². The number of ether oxygens (including phenoxy) is 2. The molecule has 2 aromatic carbocycles. The molecule has 1 aliphatic rings. The molecule has 0 aliphatic carbocycles. The monoisotopic (exact) mass is 535 g/mol. The fourth-order valence-electron chi connectivity index (χ4n) is 3.60. The molecule has 36 heavy (non-hydrogen) atoms. The molecular weight excluding hydrogens is 518 g/mol. The van der Waals surface area contributed by atoms with E-state index in [1.165, 1.54) is 15.4 Å². The number of nitrogens with zero attached hydrogens (tertiary/aromatic N) is 3. The molecule has 1 fully saturated rings. The number of hydrogen-bond acceptors (Lipinski definition) is 7. The molecule has 0 bridgehead atoms. The van der Waals surface area contributed by atoms with Crippen molar-refractivity contribution in [3.63, 3.8) is 0 Å². The summed E-state index contributed by atoms with van der Waals surface area (Å²) in [7, 11) is 1.59. The average Bonchev–Trinajstić information content (AvgIpc) is 3.15. The summed E-state index contributed by atoms with van der Waals surface area (Å²) in [6.45, 7) is 0.296. The molecule has 1 aliphatic heterocycles. The van der Waals surface area contributed by atoms with Crippen LogP contribution in [0.25, 0.3) is 11.7 Å². The van der Waals surface area contributed by atoms with Crippen molar-refractivity contribution < 1.29 is 14.3 Å². The zero-order valence-corrected chi connectivity index (χ0v) is 21.3. The Morgan fingerprint density at radius 2 is 1.81 bits per heavy atom. The van der Waals surface area contributed by atoms with Gasteiger partial charge < -0.3 is 9.47 Å². The Labute approximate surface area is 220 Å². The van der Waals surface area contributed by atoms with Crippen molar-refractivity contribution in [1.82, 2.24) is 14.3 Å². The van der Waals surface area contributed by atoms with Gasteiger partial charge in [-0.2, -0.15) is 4.98 Å². The molecular formula is C26H18ClN3O4S2. The van der Waals surface area contributed by atoms with Gasteiger partial charge in [-0.3, -0.25) is 18.9 Å². The van der Waals surface area contributed by atoms with Gasteiger partial charge in [0.15, 0.2) is 0 Å². The highest BCUT2D eigenvalue weighted by Gasteiger charge is 2.33. The molecule has 4 aromatic rings. The van der Waals surface area contributed by atoms with E-state index in [1.807, 2.05) is 24.3 Å². The molecule has 1 saturated heterocycles. The minimum Gasteiger partial charge on any atom is -0.497 e. The van der Waals surface area contributed by atoms with Gasteiger partial charge in [0.25, 0.3) is 11.5 Å². The van der Waals surface area contributed by atoms with Gasteiger partial charge in [0, 0.05) is 6.20 Å². The molecule has 7 nitrogen and oxygen atoms in total. The summed E-state index contributed by atoms with van der Waals surface area (Å²) in [5.74, 6) is 0.800. The number of para-hydroxylation sites is 1. The molecule has 3 heterocycles. The van der Waals surface area contributed by atoms with E-state index in [4.69, 9.17) is 33.3 Å². The summed E-state index contributed by atoms with van der Waals surface area (Å²) in [6.07, 6.45) is 3.09. The Kier molecular flexibility index (Phi) is 6.77. The fourth-order valence-corrected chi connectivity index (χ4v) is 5.01. The second-order valence-electron chi connectivity index (χ2n) is 7.71. The summed E-state index contributed by atoms with van der Waals surface area (Å²) < 4.78 is 12.9. The van der Waals surface area contributed by atoms with Gasteiger partial charge in [-0.25, -0.2) is 0 Å². The minimum absolute atomic E-state index is 0.0414. The number of fused-ring (bicyclic) bond motifs is 1. The van der Waals surface area contributed by atoms with Crippen LogP contribution in [0.15, 0.2) is 82.6 Å². The normalized spacial score (nSPS) is 14.6. The SMILES string of the molecule is COc1ccc(CN2C(=O)/C(=C\c3c(Oc4ccccc4Cl)nc4ccccn4c3=O)SC2=S)cc1. The maximum Gasteiger partial charge on any atom is 0.269 e. The quantitative estimate of drug-likeness (QED) is 0.237. The third-order valence-corrected chi connectivity index (χ3v) is 7.12. The van der Waals surface area contributed by atoms with Crippen molar-refractivity contribution >= 4 is 57.5 Å². The van der Waals surface area contributed by atoms with Gasteiger partial charge in [0.1, 0.15) is 27.0 Å². The van der Waals surface area contributed by atoms with Crippen LogP contribution in [0.1, 0.15) is 11.1 Å². The number of hydrogen-bond donors (Lipinski definition) is 0. The van der Waals surface area contributed by atoms with Gasteiger partial charge in [-0.15, -0.1) is 0 Å². The molecule has 0 saturated carbocycles. The summed E-state index contributed by atoms with van der Waals surface area (Å²) in [5.41, 5.74) is 1.02. The molecule has 0 spiro atoms. The summed E-state index contributed by atoms with van der Waals surface area (Å²) in [6, 6.07) is 19.5. The van der Waals surface area contributed by atoms with Gasteiger partial charge in [0.2, 0.25) is 5.88 Å². The topological polar surface area (TPSA) is 73.1 Å². The van der Waals surface area contributed by atoms with Crippen molar-refractivity contribution in [2.45, 2.75) is 6.54 Å². The second-order valence-corrected chi connectivity index (χ2v) is 9.80. The molecule has 1 amide bonds. The standard InChI is InChI=1S/C26H18ClN3O4S2/c1-33-17-11-9-16(10-12-17)15-30-25(32)21(36-26(30)35)14-18-23(34-20-7-3-2-6-19(20)27)28-22-8-4-5-13-29(22)24(18)31/h2-14H,15H2,1H3/b21-14+. The number of rotatable bonds is 6. The smallest absolute Gasteiger partial charge is 0.269 e. The van der Waals surface area contributed by atoms with Gasteiger partial charge in [0.05, 0.1) is 23.6 Å². The fraction of sp³-hybridized carbons (Fsp3) is 0.0769. The number of thioether (sulfide) groups is 1. The number of aromatic nitrogens is 2. The number of thiocarbonyl (C=S) groups is 1. The lowest BCUT2D eigenvalue weighted by molar-refractivity contribution is -0.122. The molecule has 0 unspecified atom stereocenters. The number of halogens is 1. The Hall–Kier alpha value is -3.66. The molecule has 0 N–H and O–H groups in total. The molecule has 180 valence electrons. The van der Waals surface area contributed by atoms with Crippen LogP contribution in [0.4, 0.5) is 0 Å². The van der Waals surface area contributed by atoms with Crippen molar-refractivity contribution in [2.75, 3.05) is 7.11 Å². The van der Waals surface area contributed by atoms with E-state index >= 15 is 0 Å². The van der Waals surface area contributed by atoms with Crippen LogP contribution in [0.3, 0.4) is 0 Å². The second kappa shape index (κ2) is 10.1. The lowest BCUT2D eigenvalue weighted by Crippen LogP contribution is -2.27. The molecule has 5 rings (SSSR count). The van der Waals surface area contributed by atoms with Crippen LogP contribution in [0.2, 0.25) is 5.02 Å². The van der Waals surface area contributed by atoms with E-state index in [9.17, 15) is 9.59 Å². The average molecular weight is 536 g/mol. The lowest BCUT2D eigenvalue weighted by Gasteiger charge is -2.14. The molecule has 0 radical (unpaired) electrons. The van der Waals surface area contributed by atoms with E-state index in [0.29, 0.717) is 32.2 Å². The van der Waals surface area contributed by atoms with Gasteiger partial charge in [-0.05, 0) is 48.0 Å². The van der Waals surface area contributed by atoms with Crippen molar-refractivity contribution in [1.29, 1.82) is 0 Å². The Bertz CT molecular complexity index is 1580. The number of benzene rings is 2. The number of methoxy groups -OCH3 is 1. The predicted molar refractivity (Wildman–Crippen MR) is 145 cm³/mol. The highest BCUT2D eigenvalue weighted by Crippen LogP contribution is 2.36. The van der Waals surface area contributed by atoms with Crippen molar-refractivity contribution in [3.8, 4) is 17.4 Å². The molecule has 10 heteroatoms. The minimum atomic E-state index is -0.386. The first kappa shape index (κ1) is 24.1. The third-order valence-electron chi connectivity index (χ3n) is 5.43. The maximum atomic E-state index is 13.4. The largest absolute Gasteiger partial charge is 0.497 e. The van der Waals surface area contributed by atoms with Gasteiger partial charge >= 0.3 is 0 Å².